The van der Waals surface area contributed by atoms with E-state index in [0.717, 1.165) is 10.2 Å². The molecule has 0 spiro atoms. The van der Waals surface area contributed by atoms with Crippen LogP contribution in [0.3, 0.4) is 0 Å². The first-order valence-electron chi connectivity index (χ1n) is 6.82. The Morgan fingerprint density at radius 1 is 1.26 bits per heavy atom. The fraction of sp³-hybridized carbons (Fsp3) is 0.125. The fourth-order valence-corrected chi connectivity index (χ4v) is 2.50. The van der Waals surface area contributed by atoms with Crippen molar-refractivity contribution in [2.24, 2.45) is 0 Å². The second-order valence-electron chi connectivity index (χ2n) is 4.96. The first kappa shape index (κ1) is 15.4. The monoisotopic (exact) mass is 373 g/mol. The highest BCUT2D eigenvalue weighted by Gasteiger charge is 2.14. The zero-order chi connectivity index (χ0) is 16.4. The number of carbonyl (C=O) groups is 1. The molecule has 1 N–H and O–H groups in total. The number of benzene rings is 1. The topological polar surface area (TPSA) is 85.1 Å². The molecule has 116 valence electrons. The maximum absolute atomic E-state index is 12.2. The van der Waals surface area contributed by atoms with Crippen molar-refractivity contribution in [1.29, 1.82) is 0 Å². The van der Waals surface area contributed by atoms with Crippen LogP contribution in [0.2, 0.25) is 0 Å². The van der Waals surface area contributed by atoms with Gasteiger partial charge in [-0.15, -0.1) is 0 Å². The van der Waals surface area contributed by atoms with Crippen molar-refractivity contribution in [3.05, 3.63) is 68.5 Å². The van der Waals surface area contributed by atoms with E-state index in [-0.39, 0.29) is 12.1 Å². The summed E-state index contributed by atoms with van der Waals surface area (Å²) >= 11 is 3.35. The SMILES string of the molecule is Cc1cc(CNC(=O)c2cc3cc(Br)ccc3oc2=O)ncn1. The number of nitrogens with one attached hydrogen (secondary N) is 1. The lowest BCUT2D eigenvalue weighted by Gasteiger charge is -2.05. The Labute approximate surface area is 139 Å². The summed E-state index contributed by atoms with van der Waals surface area (Å²) in [4.78, 5) is 32.2. The zero-order valence-corrected chi connectivity index (χ0v) is 13.8. The molecule has 0 aliphatic heterocycles. The van der Waals surface area contributed by atoms with Gasteiger partial charge in [-0.25, -0.2) is 14.8 Å². The van der Waals surface area contributed by atoms with Gasteiger partial charge in [0.05, 0.1) is 12.2 Å². The number of aromatic nitrogens is 2. The molecule has 0 atom stereocenters. The molecule has 0 fully saturated rings. The van der Waals surface area contributed by atoms with Gasteiger partial charge in [0, 0.05) is 15.6 Å². The van der Waals surface area contributed by atoms with Gasteiger partial charge in [-0.2, -0.15) is 0 Å². The lowest BCUT2D eigenvalue weighted by Crippen LogP contribution is -2.28. The number of hydrogen-bond donors (Lipinski definition) is 1. The van der Waals surface area contributed by atoms with Gasteiger partial charge in [0.2, 0.25) is 0 Å². The van der Waals surface area contributed by atoms with E-state index in [1.165, 1.54) is 12.4 Å². The van der Waals surface area contributed by atoms with E-state index in [9.17, 15) is 9.59 Å². The smallest absolute Gasteiger partial charge is 0.349 e. The summed E-state index contributed by atoms with van der Waals surface area (Å²) in [6.45, 7) is 2.04. The Bertz CT molecular complexity index is 953. The summed E-state index contributed by atoms with van der Waals surface area (Å²) in [6, 6.07) is 8.50. The Balaban J connectivity index is 1.85. The molecule has 3 rings (SSSR count). The average molecular weight is 374 g/mol. The quantitative estimate of drug-likeness (QED) is 0.713. The molecule has 6 nitrogen and oxygen atoms in total. The molecule has 2 heterocycles. The average Bonchev–Trinajstić information content (AvgIpc) is 2.52. The molecule has 3 aromatic rings. The number of halogens is 1. The van der Waals surface area contributed by atoms with Crippen molar-refractivity contribution in [3.8, 4) is 0 Å². The Morgan fingerprint density at radius 3 is 2.87 bits per heavy atom. The van der Waals surface area contributed by atoms with Crippen LogP contribution in [0, 0.1) is 6.92 Å². The van der Waals surface area contributed by atoms with Gasteiger partial charge in [0.25, 0.3) is 5.91 Å². The van der Waals surface area contributed by atoms with E-state index in [1.54, 1.807) is 24.3 Å². The number of rotatable bonds is 3. The third kappa shape index (κ3) is 3.45. The van der Waals surface area contributed by atoms with Crippen molar-refractivity contribution in [2.75, 3.05) is 0 Å². The summed E-state index contributed by atoms with van der Waals surface area (Å²) in [7, 11) is 0. The first-order chi connectivity index (χ1) is 11.0. The van der Waals surface area contributed by atoms with Gasteiger partial charge in [-0.3, -0.25) is 4.79 Å². The van der Waals surface area contributed by atoms with E-state index in [1.807, 2.05) is 6.92 Å². The van der Waals surface area contributed by atoms with Gasteiger partial charge < -0.3 is 9.73 Å². The predicted molar refractivity (Wildman–Crippen MR) is 88.1 cm³/mol. The Morgan fingerprint density at radius 2 is 2.09 bits per heavy atom. The molecular formula is C16H12BrN3O3. The van der Waals surface area contributed by atoms with Crippen LogP contribution in [-0.2, 0) is 6.54 Å². The summed E-state index contributed by atoms with van der Waals surface area (Å²) in [5.74, 6) is -0.503. The van der Waals surface area contributed by atoms with Crippen LogP contribution >= 0.6 is 15.9 Å². The van der Waals surface area contributed by atoms with Crippen molar-refractivity contribution < 1.29 is 9.21 Å². The normalized spacial score (nSPS) is 10.7. The van der Waals surface area contributed by atoms with E-state index in [4.69, 9.17) is 4.42 Å². The summed E-state index contributed by atoms with van der Waals surface area (Å²) in [6.07, 6.45) is 1.43. The van der Waals surface area contributed by atoms with Crippen LogP contribution < -0.4 is 10.9 Å². The molecule has 0 aliphatic rings. The maximum Gasteiger partial charge on any atom is 0.349 e. The van der Waals surface area contributed by atoms with E-state index in [0.29, 0.717) is 16.7 Å². The second kappa shape index (κ2) is 6.29. The summed E-state index contributed by atoms with van der Waals surface area (Å²) in [5.41, 5.74) is 1.19. The number of nitrogens with zero attached hydrogens (tertiary/aromatic N) is 2. The van der Waals surface area contributed by atoms with Gasteiger partial charge in [-0.1, -0.05) is 15.9 Å². The third-order valence-corrected chi connectivity index (χ3v) is 3.72. The standard InChI is InChI=1S/C16H12BrN3O3/c1-9-4-12(20-8-19-9)7-18-15(21)13-6-10-5-11(17)2-3-14(10)23-16(13)22/h2-6,8H,7H2,1H3,(H,18,21). The van der Waals surface area contributed by atoms with Crippen LogP contribution in [0.25, 0.3) is 11.0 Å². The van der Waals surface area contributed by atoms with Gasteiger partial charge >= 0.3 is 5.63 Å². The molecule has 0 bridgehead atoms. The van der Waals surface area contributed by atoms with Crippen molar-refractivity contribution >= 4 is 32.8 Å². The first-order valence-corrected chi connectivity index (χ1v) is 7.61. The number of amides is 1. The highest BCUT2D eigenvalue weighted by Crippen LogP contribution is 2.19. The van der Waals surface area contributed by atoms with Crippen molar-refractivity contribution in [3.63, 3.8) is 0 Å². The van der Waals surface area contributed by atoms with Crippen LogP contribution in [-0.4, -0.2) is 15.9 Å². The summed E-state index contributed by atoms with van der Waals surface area (Å²) in [5, 5.41) is 3.33. The van der Waals surface area contributed by atoms with Crippen molar-refractivity contribution in [1.82, 2.24) is 15.3 Å². The lowest BCUT2D eigenvalue weighted by atomic mass is 10.2. The maximum atomic E-state index is 12.2. The Hall–Kier alpha value is -2.54. The predicted octanol–water partition coefficient (Wildman–Crippen LogP) is 2.58. The number of hydrogen-bond acceptors (Lipinski definition) is 5. The molecule has 7 heteroatoms. The number of fused-ring (bicyclic) bond motifs is 1. The Kier molecular flexibility index (Phi) is 4.20. The van der Waals surface area contributed by atoms with Crippen LogP contribution in [0.1, 0.15) is 21.7 Å². The largest absolute Gasteiger partial charge is 0.422 e. The molecule has 0 aliphatic carbocycles. The molecule has 0 radical (unpaired) electrons. The highest BCUT2D eigenvalue weighted by atomic mass is 79.9. The molecule has 0 unspecified atom stereocenters. The molecule has 1 amide bonds. The molecular weight excluding hydrogens is 362 g/mol. The number of aryl methyl sites for hydroxylation is 1. The van der Waals surface area contributed by atoms with Crippen LogP contribution in [0.5, 0.6) is 0 Å². The minimum absolute atomic E-state index is 0.0404. The van der Waals surface area contributed by atoms with Crippen LogP contribution in [0.4, 0.5) is 0 Å². The van der Waals surface area contributed by atoms with E-state index < -0.39 is 11.5 Å². The molecule has 2 aromatic heterocycles. The highest BCUT2D eigenvalue weighted by molar-refractivity contribution is 9.10. The summed E-state index contributed by atoms with van der Waals surface area (Å²) < 4.78 is 6.01. The van der Waals surface area contributed by atoms with Gasteiger partial charge in [0.1, 0.15) is 17.5 Å². The molecule has 0 saturated carbocycles. The lowest BCUT2D eigenvalue weighted by molar-refractivity contribution is 0.0947. The molecule has 1 aromatic carbocycles. The van der Waals surface area contributed by atoms with E-state index >= 15 is 0 Å². The molecule has 0 saturated heterocycles. The second-order valence-corrected chi connectivity index (χ2v) is 5.88. The van der Waals surface area contributed by atoms with Gasteiger partial charge in [0.15, 0.2) is 0 Å². The van der Waals surface area contributed by atoms with E-state index in [2.05, 4.69) is 31.2 Å². The third-order valence-electron chi connectivity index (χ3n) is 3.23. The van der Waals surface area contributed by atoms with Crippen LogP contribution in [0.15, 0.2) is 50.3 Å². The molecule has 23 heavy (non-hydrogen) atoms. The minimum Gasteiger partial charge on any atom is -0.422 e. The van der Waals surface area contributed by atoms with Gasteiger partial charge in [-0.05, 0) is 37.3 Å². The number of carbonyl (C=O) groups excluding carboxylic acids is 1. The van der Waals surface area contributed by atoms with Crippen molar-refractivity contribution in [2.45, 2.75) is 13.5 Å². The fourth-order valence-electron chi connectivity index (χ4n) is 2.13. The minimum atomic E-state index is -0.670. The zero-order valence-electron chi connectivity index (χ0n) is 12.2.